The molecule has 166 valence electrons. The highest BCUT2D eigenvalue weighted by Crippen LogP contribution is 2.23. The summed E-state index contributed by atoms with van der Waals surface area (Å²) in [4.78, 5) is 33.3. The van der Waals surface area contributed by atoms with Gasteiger partial charge in [-0.05, 0) is 43.7 Å². The zero-order valence-corrected chi connectivity index (χ0v) is 19.0. The lowest BCUT2D eigenvalue weighted by Crippen LogP contribution is -2.49. The van der Waals surface area contributed by atoms with Crippen molar-refractivity contribution in [3.63, 3.8) is 0 Å². The number of rotatable bonds is 8. The maximum atomic E-state index is 12.8. The maximum absolute atomic E-state index is 12.8. The number of carbonyl (C=O) groups is 2. The molecule has 2 aromatic rings. The first kappa shape index (κ1) is 23.3. The summed E-state index contributed by atoms with van der Waals surface area (Å²) < 4.78 is 5.26. The summed E-state index contributed by atoms with van der Waals surface area (Å²) in [6, 6.07) is 8.49. The lowest BCUT2D eigenvalue weighted by atomic mass is 10.1. The van der Waals surface area contributed by atoms with Crippen LogP contribution in [0.5, 0.6) is 0 Å². The molecule has 1 aliphatic heterocycles. The number of nitrogens with one attached hydrogen (secondary N) is 1. The Morgan fingerprint density at radius 1 is 1.13 bits per heavy atom. The number of piperazine rings is 1. The molecule has 2 heterocycles. The SMILES string of the molecule is CCOCCCNC(=O)c1ccc(N2CCN(C(=O)c3cc(Cl)ccc3Cl)CC2)nc1. The van der Waals surface area contributed by atoms with E-state index in [1.54, 1.807) is 35.4 Å². The molecule has 9 heteroatoms. The number of amides is 2. The standard InChI is InChI=1S/C22H26Cl2N4O3/c1-2-31-13-3-8-25-21(29)16-4-7-20(26-15-16)27-9-11-28(12-10-27)22(30)18-14-17(23)5-6-19(18)24/h4-7,14-15H,2-3,8-13H2,1H3,(H,25,29). The molecule has 0 aliphatic carbocycles. The number of hydrogen-bond donors (Lipinski definition) is 1. The summed E-state index contributed by atoms with van der Waals surface area (Å²) in [5.41, 5.74) is 0.932. The van der Waals surface area contributed by atoms with Gasteiger partial charge in [-0.3, -0.25) is 9.59 Å². The number of halogens is 2. The second-order valence-corrected chi connectivity index (χ2v) is 7.96. The Balaban J connectivity index is 1.51. The van der Waals surface area contributed by atoms with Crippen LogP contribution in [0.4, 0.5) is 5.82 Å². The molecule has 1 aromatic heterocycles. The normalized spacial score (nSPS) is 13.9. The molecule has 2 amide bonds. The minimum absolute atomic E-state index is 0.128. The molecule has 7 nitrogen and oxygen atoms in total. The molecule has 1 fully saturated rings. The van der Waals surface area contributed by atoms with Gasteiger partial charge in [0, 0.05) is 57.2 Å². The Hall–Kier alpha value is -2.35. The van der Waals surface area contributed by atoms with Crippen LogP contribution >= 0.6 is 23.2 Å². The van der Waals surface area contributed by atoms with Crippen LogP contribution in [-0.4, -0.2) is 67.6 Å². The second-order valence-electron chi connectivity index (χ2n) is 7.11. The molecule has 0 radical (unpaired) electrons. The Morgan fingerprint density at radius 2 is 1.90 bits per heavy atom. The van der Waals surface area contributed by atoms with Crippen LogP contribution in [0.2, 0.25) is 10.0 Å². The molecule has 0 atom stereocenters. The highest BCUT2D eigenvalue weighted by atomic mass is 35.5. The van der Waals surface area contributed by atoms with E-state index in [0.717, 1.165) is 12.2 Å². The largest absolute Gasteiger partial charge is 0.382 e. The Kier molecular flexibility index (Phi) is 8.51. The molecule has 1 aromatic carbocycles. The number of pyridine rings is 1. The van der Waals surface area contributed by atoms with Gasteiger partial charge < -0.3 is 19.9 Å². The third-order valence-electron chi connectivity index (χ3n) is 5.01. The van der Waals surface area contributed by atoms with Gasteiger partial charge in [-0.15, -0.1) is 0 Å². The lowest BCUT2D eigenvalue weighted by Gasteiger charge is -2.35. The first-order valence-electron chi connectivity index (χ1n) is 10.3. The summed E-state index contributed by atoms with van der Waals surface area (Å²) in [5, 5.41) is 3.74. The van der Waals surface area contributed by atoms with Crippen LogP contribution in [0.1, 0.15) is 34.1 Å². The van der Waals surface area contributed by atoms with Gasteiger partial charge >= 0.3 is 0 Å². The number of ether oxygens (including phenoxy) is 1. The molecule has 0 spiro atoms. The fraction of sp³-hybridized carbons (Fsp3) is 0.409. The number of benzene rings is 1. The van der Waals surface area contributed by atoms with Crippen LogP contribution in [0.3, 0.4) is 0 Å². The zero-order chi connectivity index (χ0) is 22.2. The van der Waals surface area contributed by atoms with E-state index >= 15 is 0 Å². The van der Waals surface area contributed by atoms with Crippen molar-refractivity contribution in [3.05, 3.63) is 57.7 Å². The molecule has 0 bridgehead atoms. The number of hydrogen-bond acceptors (Lipinski definition) is 5. The van der Waals surface area contributed by atoms with Crippen LogP contribution in [-0.2, 0) is 4.74 Å². The molecule has 1 aliphatic rings. The van der Waals surface area contributed by atoms with Crippen molar-refractivity contribution in [1.82, 2.24) is 15.2 Å². The molecule has 1 saturated heterocycles. The van der Waals surface area contributed by atoms with Gasteiger partial charge in [-0.1, -0.05) is 23.2 Å². The molecule has 1 N–H and O–H groups in total. The number of aromatic nitrogens is 1. The van der Waals surface area contributed by atoms with Gasteiger partial charge in [0.25, 0.3) is 11.8 Å². The molecule has 0 unspecified atom stereocenters. The fourth-order valence-electron chi connectivity index (χ4n) is 3.30. The van der Waals surface area contributed by atoms with Gasteiger partial charge in [-0.2, -0.15) is 0 Å². The Bertz CT molecular complexity index is 900. The highest BCUT2D eigenvalue weighted by Gasteiger charge is 2.24. The van der Waals surface area contributed by atoms with E-state index in [1.807, 2.05) is 13.0 Å². The number of anilines is 1. The summed E-state index contributed by atoms with van der Waals surface area (Å²) in [7, 11) is 0. The van der Waals surface area contributed by atoms with Crippen LogP contribution < -0.4 is 10.2 Å². The predicted octanol–water partition coefficient (Wildman–Crippen LogP) is 3.51. The maximum Gasteiger partial charge on any atom is 0.255 e. The van der Waals surface area contributed by atoms with E-state index in [9.17, 15) is 9.59 Å². The molecular formula is C22H26Cl2N4O3. The van der Waals surface area contributed by atoms with Gasteiger partial charge in [0.05, 0.1) is 16.1 Å². The lowest BCUT2D eigenvalue weighted by molar-refractivity contribution is 0.0746. The van der Waals surface area contributed by atoms with E-state index in [2.05, 4.69) is 15.2 Å². The smallest absolute Gasteiger partial charge is 0.255 e. The third-order valence-corrected chi connectivity index (χ3v) is 5.58. The molecule has 31 heavy (non-hydrogen) atoms. The second kappa shape index (κ2) is 11.3. The van der Waals surface area contributed by atoms with Crippen molar-refractivity contribution in [2.24, 2.45) is 0 Å². The molecular weight excluding hydrogens is 439 g/mol. The van der Waals surface area contributed by atoms with Gasteiger partial charge in [0.15, 0.2) is 0 Å². The summed E-state index contributed by atoms with van der Waals surface area (Å²) in [6.45, 7) is 6.18. The average molecular weight is 465 g/mol. The van der Waals surface area contributed by atoms with Crippen LogP contribution in [0.15, 0.2) is 36.5 Å². The first-order valence-corrected chi connectivity index (χ1v) is 11.1. The van der Waals surface area contributed by atoms with E-state index in [-0.39, 0.29) is 11.8 Å². The fourth-order valence-corrected chi connectivity index (χ4v) is 3.67. The average Bonchev–Trinajstić information content (AvgIpc) is 2.80. The minimum Gasteiger partial charge on any atom is -0.382 e. The molecule has 0 saturated carbocycles. The van der Waals surface area contributed by atoms with E-state index in [4.69, 9.17) is 27.9 Å². The first-order chi connectivity index (χ1) is 15.0. The Labute approximate surface area is 192 Å². The summed E-state index contributed by atoms with van der Waals surface area (Å²) in [6.07, 6.45) is 2.35. The minimum atomic E-state index is -0.149. The van der Waals surface area contributed by atoms with Gasteiger partial charge in [0.2, 0.25) is 0 Å². The van der Waals surface area contributed by atoms with Crippen LogP contribution in [0, 0.1) is 0 Å². The van der Waals surface area contributed by atoms with E-state index in [1.165, 1.54) is 0 Å². The van der Waals surface area contributed by atoms with Gasteiger partial charge in [0.1, 0.15) is 5.82 Å². The summed E-state index contributed by atoms with van der Waals surface area (Å²) in [5.74, 6) is 0.501. The van der Waals surface area contributed by atoms with Crippen molar-refractivity contribution in [3.8, 4) is 0 Å². The zero-order valence-electron chi connectivity index (χ0n) is 17.4. The van der Waals surface area contributed by atoms with Gasteiger partial charge in [-0.25, -0.2) is 4.98 Å². The van der Waals surface area contributed by atoms with Crippen LogP contribution in [0.25, 0.3) is 0 Å². The van der Waals surface area contributed by atoms with Crippen molar-refractivity contribution < 1.29 is 14.3 Å². The monoisotopic (exact) mass is 464 g/mol. The van der Waals surface area contributed by atoms with Crippen molar-refractivity contribution in [2.45, 2.75) is 13.3 Å². The predicted molar refractivity (Wildman–Crippen MR) is 122 cm³/mol. The number of carbonyl (C=O) groups excluding carboxylic acids is 2. The van der Waals surface area contributed by atoms with Crippen molar-refractivity contribution in [2.75, 3.05) is 50.8 Å². The van der Waals surface area contributed by atoms with E-state index < -0.39 is 0 Å². The van der Waals surface area contributed by atoms with Crippen molar-refractivity contribution in [1.29, 1.82) is 0 Å². The molecule has 3 rings (SSSR count). The quantitative estimate of drug-likeness (QED) is 0.604. The highest BCUT2D eigenvalue weighted by molar-refractivity contribution is 6.35. The van der Waals surface area contributed by atoms with Crippen molar-refractivity contribution >= 4 is 40.8 Å². The number of nitrogens with zero attached hydrogens (tertiary/aromatic N) is 3. The Morgan fingerprint density at radius 3 is 2.58 bits per heavy atom. The third kappa shape index (κ3) is 6.32. The van der Waals surface area contributed by atoms with E-state index in [0.29, 0.717) is 67.1 Å². The topological polar surface area (TPSA) is 74.8 Å². The summed E-state index contributed by atoms with van der Waals surface area (Å²) >= 11 is 12.2.